The summed E-state index contributed by atoms with van der Waals surface area (Å²) in [7, 11) is 1.54. The molecule has 4 rings (SSSR count). The molecule has 1 aliphatic heterocycles. The highest BCUT2D eigenvalue weighted by Gasteiger charge is 2.27. The molecule has 1 saturated heterocycles. The highest BCUT2D eigenvalue weighted by Crippen LogP contribution is 2.36. The Morgan fingerprint density at radius 1 is 1.24 bits per heavy atom. The number of aromatic amines is 1. The fraction of sp³-hybridized carbons (Fsp3) is 0.462. The maximum absolute atomic E-state index is 13.5. The minimum atomic E-state index is -0.204. The van der Waals surface area contributed by atoms with Gasteiger partial charge in [0.1, 0.15) is 5.75 Å². The standard InChI is InChI=1S/C26H32ClN3O3/c1-15-13-24(33-4)21(26(32)29-15)7-8-23(31)25-17(3)30(16(2)18-9-11-28-12-10-18)22-14-19(27)5-6-20(22)25/h5-6,13-14,16,18,28H,7-12H2,1-4H3,(H,29,32). The van der Waals surface area contributed by atoms with Crippen molar-refractivity contribution < 1.29 is 9.53 Å². The topological polar surface area (TPSA) is 76.1 Å². The largest absolute Gasteiger partial charge is 0.496 e. The summed E-state index contributed by atoms with van der Waals surface area (Å²) in [4.78, 5) is 28.8. The lowest BCUT2D eigenvalue weighted by Crippen LogP contribution is -2.32. The third kappa shape index (κ3) is 4.59. The quantitative estimate of drug-likeness (QED) is 0.478. The number of Topliss-reactive ketones (excluding diaryl/α,β-unsaturated/α-hetero) is 1. The third-order valence-corrected chi connectivity index (χ3v) is 7.25. The summed E-state index contributed by atoms with van der Waals surface area (Å²) in [6.45, 7) is 8.12. The van der Waals surface area contributed by atoms with Crippen molar-refractivity contribution in [3.05, 3.63) is 62.2 Å². The molecule has 33 heavy (non-hydrogen) atoms. The van der Waals surface area contributed by atoms with E-state index in [4.69, 9.17) is 16.3 Å². The number of halogens is 1. The second-order valence-corrected chi connectivity index (χ2v) is 9.51. The second kappa shape index (κ2) is 9.74. The number of aryl methyl sites for hydroxylation is 1. The van der Waals surface area contributed by atoms with Crippen molar-refractivity contribution in [2.45, 2.75) is 52.5 Å². The molecule has 1 atom stereocenters. The number of benzene rings is 1. The Balaban J connectivity index is 1.70. The Morgan fingerprint density at radius 2 is 1.97 bits per heavy atom. The number of ether oxygens (including phenoxy) is 1. The molecule has 6 nitrogen and oxygen atoms in total. The Bertz CT molecular complexity index is 1240. The van der Waals surface area contributed by atoms with Crippen molar-refractivity contribution in [2.75, 3.05) is 20.2 Å². The van der Waals surface area contributed by atoms with Gasteiger partial charge in [0.2, 0.25) is 0 Å². The number of ketones is 1. The fourth-order valence-electron chi connectivity index (χ4n) is 5.29. The van der Waals surface area contributed by atoms with E-state index >= 15 is 0 Å². The minimum absolute atomic E-state index is 0.0260. The molecule has 0 amide bonds. The van der Waals surface area contributed by atoms with Crippen LogP contribution >= 0.6 is 11.6 Å². The van der Waals surface area contributed by atoms with Crippen LogP contribution in [0.3, 0.4) is 0 Å². The molecule has 0 bridgehead atoms. The van der Waals surface area contributed by atoms with Gasteiger partial charge in [-0.05, 0) is 77.2 Å². The molecule has 2 N–H and O–H groups in total. The van der Waals surface area contributed by atoms with E-state index in [1.54, 1.807) is 13.2 Å². The highest BCUT2D eigenvalue weighted by molar-refractivity contribution is 6.31. The maximum Gasteiger partial charge on any atom is 0.255 e. The number of hydrogen-bond donors (Lipinski definition) is 2. The normalized spacial score (nSPS) is 15.7. The minimum Gasteiger partial charge on any atom is -0.496 e. The Hall–Kier alpha value is -2.57. The predicted molar refractivity (Wildman–Crippen MR) is 133 cm³/mol. The number of carbonyl (C=O) groups excluding carboxylic acids is 1. The number of piperidine rings is 1. The van der Waals surface area contributed by atoms with Crippen molar-refractivity contribution in [3.63, 3.8) is 0 Å². The van der Waals surface area contributed by atoms with Crippen LogP contribution in [0.1, 0.15) is 59.5 Å². The zero-order valence-corrected chi connectivity index (χ0v) is 20.5. The van der Waals surface area contributed by atoms with Gasteiger partial charge in [-0.3, -0.25) is 9.59 Å². The number of rotatable bonds is 7. The number of hydrogen-bond acceptors (Lipinski definition) is 4. The van der Waals surface area contributed by atoms with Crippen LogP contribution < -0.4 is 15.6 Å². The lowest BCUT2D eigenvalue weighted by molar-refractivity contribution is 0.0983. The summed E-state index contributed by atoms with van der Waals surface area (Å²) in [6.07, 6.45) is 2.77. The van der Waals surface area contributed by atoms with Gasteiger partial charge in [-0.2, -0.15) is 0 Å². The maximum atomic E-state index is 13.5. The molecule has 3 aromatic rings. The molecule has 3 heterocycles. The molecule has 0 spiro atoms. The number of fused-ring (bicyclic) bond motifs is 1. The van der Waals surface area contributed by atoms with E-state index in [0.717, 1.165) is 53.8 Å². The zero-order chi connectivity index (χ0) is 23.7. The first kappa shape index (κ1) is 23.6. The van der Waals surface area contributed by atoms with Gasteiger partial charge in [0.15, 0.2) is 5.78 Å². The molecule has 1 aliphatic rings. The van der Waals surface area contributed by atoms with Crippen LogP contribution in [0.15, 0.2) is 29.1 Å². The van der Waals surface area contributed by atoms with Crippen LogP contribution in [-0.4, -0.2) is 35.5 Å². The van der Waals surface area contributed by atoms with E-state index < -0.39 is 0 Å². The molecule has 7 heteroatoms. The Morgan fingerprint density at radius 3 is 2.67 bits per heavy atom. The van der Waals surface area contributed by atoms with Crippen molar-refractivity contribution in [1.82, 2.24) is 14.9 Å². The zero-order valence-electron chi connectivity index (χ0n) is 19.8. The lowest BCUT2D eigenvalue weighted by Gasteiger charge is -2.31. The molecule has 2 aromatic heterocycles. The van der Waals surface area contributed by atoms with Gasteiger partial charge in [-0.25, -0.2) is 0 Å². The van der Waals surface area contributed by atoms with E-state index in [0.29, 0.717) is 28.7 Å². The van der Waals surface area contributed by atoms with Crippen LogP contribution in [0.5, 0.6) is 5.75 Å². The van der Waals surface area contributed by atoms with E-state index in [1.807, 2.05) is 32.0 Å². The average molecular weight is 470 g/mol. The average Bonchev–Trinajstić information content (AvgIpc) is 3.08. The monoisotopic (exact) mass is 469 g/mol. The van der Waals surface area contributed by atoms with Gasteiger partial charge in [-0.1, -0.05) is 17.7 Å². The molecular weight excluding hydrogens is 438 g/mol. The molecule has 0 aliphatic carbocycles. The van der Waals surface area contributed by atoms with Gasteiger partial charge < -0.3 is 19.6 Å². The summed E-state index contributed by atoms with van der Waals surface area (Å²) in [5, 5.41) is 5.02. The van der Waals surface area contributed by atoms with Crippen LogP contribution in [0.25, 0.3) is 10.9 Å². The lowest BCUT2D eigenvalue weighted by atomic mass is 9.91. The SMILES string of the molecule is COc1cc(C)[nH]c(=O)c1CCC(=O)c1c(C)n(C(C)C2CCNCC2)c2cc(Cl)ccc12. The number of pyridine rings is 1. The number of nitrogens with one attached hydrogen (secondary N) is 2. The van der Waals surface area contributed by atoms with E-state index in [2.05, 4.69) is 21.8 Å². The van der Waals surface area contributed by atoms with Crippen LogP contribution in [0.4, 0.5) is 0 Å². The smallest absolute Gasteiger partial charge is 0.255 e. The van der Waals surface area contributed by atoms with Crippen molar-refractivity contribution in [2.24, 2.45) is 5.92 Å². The number of carbonyl (C=O) groups is 1. The molecule has 1 fully saturated rings. The summed E-state index contributed by atoms with van der Waals surface area (Å²) in [6, 6.07) is 7.80. The van der Waals surface area contributed by atoms with Gasteiger partial charge >= 0.3 is 0 Å². The number of H-pyrrole nitrogens is 1. The number of nitrogens with zero attached hydrogens (tertiary/aromatic N) is 1. The first-order valence-corrected chi connectivity index (χ1v) is 12.0. The van der Waals surface area contributed by atoms with Gasteiger partial charge in [0.05, 0.1) is 18.2 Å². The van der Waals surface area contributed by atoms with E-state index in [-0.39, 0.29) is 23.8 Å². The molecular formula is C26H32ClN3O3. The van der Waals surface area contributed by atoms with Crippen molar-refractivity contribution in [3.8, 4) is 5.75 Å². The molecule has 0 radical (unpaired) electrons. The number of methoxy groups -OCH3 is 1. The van der Waals surface area contributed by atoms with Crippen molar-refractivity contribution in [1.29, 1.82) is 0 Å². The summed E-state index contributed by atoms with van der Waals surface area (Å²) in [5.74, 6) is 1.09. The van der Waals surface area contributed by atoms with E-state index in [1.165, 1.54) is 0 Å². The Labute approximate surface area is 199 Å². The first-order valence-electron chi connectivity index (χ1n) is 11.6. The Kier molecular flexibility index (Phi) is 6.96. The van der Waals surface area contributed by atoms with Gasteiger partial charge in [0, 0.05) is 39.8 Å². The summed E-state index contributed by atoms with van der Waals surface area (Å²) in [5.41, 5.74) is 3.72. The third-order valence-electron chi connectivity index (χ3n) is 7.02. The molecule has 1 unspecified atom stereocenters. The fourth-order valence-corrected chi connectivity index (χ4v) is 5.46. The first-order chi connectivity index (χ1) is 15.8. The second-order valence-electron chi connectivity index (χ2n) is 9.07. The molecule has 176 valence electrons. The van der Waals surface area contributed by atoms with Crippen molar-refractivity contribution >= 4 is 28.3 Å². The van der Waals surface area contributed by atoms with Gasteiger partial charge in [-0.15, -0.1) is 0 Å². The van der Waals surface area contributed by atoms with Gasteiger partial charge in [0.25, 0.3) is 5.56 Å². The predicted octanol–water partition coefficient (Wildman–Crippen LogP) is 4.98. The van der Waals surface area contributed by atoms with Crippen LogP contribution in [-0.2, 0) is 6.42 Å². The molecule has 1 aromatic carbocycles. The molecule has 0 saturated carbocycles. The van der Waals surface area contributed by atoms with Crippen LogP contribution in [0.2, 0.25) is 5.02 Å². The summed E-state index contributed by atoms with van der Waals surface area (Å²) < 4.78 is 7.70. The summed E-state index contributed by atoms with van der Waals surface area (Å²) >= 11 is 6.37. The highest BCUT2D eigenvalue weighted by atomic mass is 35.5. The van der Waals surface area contributed by atoms with E-state index in [9.17, 15) is 9.59 Å². The number of aromatic nitrogens is 2. The van der Waals surface area contributed by atoms with Crippen LogP contribution in [0, 0.1) is 19.8 Å².